The molecular weight excluding hydrogens is 224 g/mol. The summed E-state index contributed by atoms with van der Waals surface area (Å²) in [6.45, 7) is 10.5. The minimum atomic E-state index is -0.0620. The number of likely N-dealkylation sites (tertiary alicyclic amines) is 1. The van der Waals surface area contributed by atoms with Gasteiger partial charge < -0.3 is 10.2 Å². The zero-order chi connectivity index (χ0) is 13.6. The summed E-state index contributed by atoms with van der Waals surface area (Å²) in [6.07, 6.45) is 6.98. The van der Waals surface area contributed by atoms with Crippen LogP contribution in [0.4, 0.5) is 0 Å². The Labute approximate surface area is 112 Å². The average Bonchev–Trinajstić information content (AvgIpc) is 2.66. The molecule has 1 heterocycles. The monoisotopic (exact) mass is 254 g/mol. The number of carbonyl (C=O) groups is 1. The highest BCUT2D eigenvalue weighted by atomic mass is 16.2. The van der Waals surface area contributed by atoms with Gasteiger partial charge in [0.25, 0.3) is 0 Å². The highest BCUT2D eigenvalue weighted by molar-refractivity contribution is 5.81. The molecule has 0 aromatic carbocycles. The minimum absolute atomic E-state index is 0.0620. The fourth-order valence-corrected chi connectivity index (χ4v) is 2.60. The first kappa shape index (κ1) is 15.5. The summed E-state index contributed by atoms with van der Waals surface area (Å²) in [4.78, 5) is 14.5. The second kappa shape index (κ2) is 7.13. The van der Waals surface area contributed by atoms with Crippen molar-refractivity contribution in [1.29, 1.82) is 0 Å². The number of hydrogen-bond acceptors (Lipinski definition) is 2. The lowest BCUT2D eigenvalue weighted by Gasteiger charge is -2.34. The van der Waals surface area contributed by atoms with Crippen molar-refractivity contribution in [3.05, 3.63) is 0 Å². The smallest absolute Gasteiger partial charge is 0.239 e. The zero-order valence-corrected chi connectivity index (χ0v) is 12.6. The number of hydrogen-bond donors (Lipinski definition) is 1. The molecule has 0 aliphatic carbocycles. The SMILES string of the molecule is CCC(C)(CC)NC(C)C(=O)N1CCCCCC1. The van der Waals surface area contributed by atoms with Crippen LogP contribution in [-0.2, 0) is 4.79 Å². The van der Waals surface area contributed by atoms with Crippen molar-refractivity contribution in [2.24, 2.45) is 0 Å². The molecule has 0 saturated carbocycles. The Morgan fingerprint density at radius 2 is 1.67 bits per heavy atom. The van der Waals surface area contributed by atoms with Gasteiger partial charge in [-0.3, -0.25) is 4.79 Å². The molecule has 0 aromatic rings. The number of nitrogens with one attached hydrogen (secondary N) is 1. The number of amides is 1. The van der Waals surface area contributed by atoms with E-state index in [1.54, 1.807) is 0 Å². The van der Waals surface area contributed by atoms with Crippen LogP contribution in [0.2, 0.25) is 0 Å². The predicted molar refractivity (Wildman–Crippen MR) is 76.6 cm³/mol. The average molecular weight is 254 g/mol. The van der Waals surface area contributed by atoms with Gasteiger partial charge in [0.15, 0.2) is 0 Å². The van der Waals surface area contributed by atoms with Gasteiger partial charge in [-0.15, -0.1) is 0 Å². The Bertz CT molecular complexity index is 253. The molecule has 1 fully saturated rings. The van der Waals surface area contributed by atoms with Crippen LogP contribution in [-0.4, -0.2) is 35.5 Å². The maximum atomic E-state index is 12.4. The summed E-state index contributed by atoms with van der Waals surface area (Å²) in [5.41, 5.74) is 0.0843. The highest BCUT2D eigenvalue weighted by Crippen LogP contribution is 2.16. The Balaban J connectivity index is 2.54. The molecule has 0 spiro atoms. The Morgan fingerprint density at radius 3 is 2.11 bits per heavy atom. The number of carbonyl (C=O) groups excluding carboxylic acids is 1. The van der Waals surface area contributed by atoms with Crippen molar-refractivity contribution < 1.29 is 4.79 Å². The largest absolute Gasteiger partial charge is 0.341 e. The second-order valence-corrected chi connectivity index (χ2v) is 5.87. The lowest BCUT2D eigenvalue weighted by molar-refractivity contribution is -0.133. The maximum Gasteiger partial charge on any atom is 0.239 e. The molecule has 0 bridgehead atoms. The van der Waals surface area contributed by atoms with Crippen molar-refractivity contribution in [1.82, 2.24) is 10.2 Å². The molecule has 1 atom stereocenters. The van der Waals surface area contributed by atoms with E-state index in [1.807, 2.05) is 6.92 Å². The second-order valence-electron chi connectivity index (χ2n) is 5.87. The molecule has 1 N–H and O–H groups in total. The topological polar surface area (TPSA) is 32.3 Å². The van der Waals surface area contributed by atoms with Crippen molar-refractivity contribution in [3.63, 3.8) is 0 Å². The molecular formula is C15H30N2O. The lowest BCUT2D eigenvalue weighted by atomic mass is 9.94. The molecule has 1 amide bonds. The van der Waals surface area contributed by atoms with E-state index in [1.165, 1.54) is 12.8 Å². The summed E-state index contributed by atoms with van der Waals surface area (Å²) in [5.74, 6) is 0.282. The van der Waals surface area contributed by atoms with E-state index < -0.39 is 0 Å². The first-order chi connectivity index (χ1) is 8.52. The highest BCUT2D eigenvalue weighted by Gasteiger charge is 2.27. The van der Waals surface area contributed by atoms with E-state index in [9.17, 15) is 4.79 Å². The molecule has 3 heteroatoms. The molecule has 18 heavy (non-hydrogen) atoms. The van der Waals surface area contributed by atoms with Crippen LogP contribution in [0.25, 0.3) is 0 Å². The van der Waals surface area contributed by atoms with Crippen LogP contribution in [0, 0.1) is 0 Å². The van der Waals surface area contributed by atoms with Gasteiger partial charge in [-0.05, 0) is 39.5 Å². The molecule has 106 valence electrons. The Kier molecular flexibility index (Phi) is 6.13. The molecule has 0 aromatic heterocycles. The van der Waals surface area contributed by atoms with Gasteiger partial charge in [0.1, 0.15) is 0 Å². The summed E-state index contributed by atoms with van der Waals surface area (Å²) in [7, 11) is 0. The number of nitrogens with zero attached hydrogens (tertiary/aromatic N) is 1. The molecule has 1 aliphatic heterocycles. The minimum Gasteiger partial charge on any atom is -0.341 e. The third-order valence-electron chi connectivity index (χ3n) is 4.41. The summed E-state index contributed by atoms with van der Waals surface area (Å²) in [5, 5.41) is 3.52. The summed E-state index contributed by atoms with van der Waals surface area (Å²) < 4.78 is 0. The first-order valence-corrected chi connectivity index (χ1v) is 7.59. The van der Waals surface area contributed by atoms with E-state index >= 15 is 0 Å². The standard InChI is InChI=1S/C15H30N2O/c1-5-15(4,6-2)16-13(3)14(18)17-11-9-7-8-10-12-17/h13,16H,5-12H2,1-4H3. The van der Waals surface area contributed by atoms with Crippen LogP contribution < -0.4 is 5.32 Å². The van der Waals surface area contributed by atoms with Crippen LogP contribution in [0.5, 0.6) is 0 Å². The lowest BCUT2D eigenvalue weighted by Crippen LogP contribution is -2.53. The maximum absolute atomic E-state index is 12.4. The normalized spacial score (nSPS) is 19.4. The van der Waals surface area contributed by atoms with Crippen molar-refractivity contribution in [3.8, 4) is 0 Å². The van der Waals surface area contributed by atoms with Gasteiger partial charge in [-0.25, -0.2) is 0 Å². The van der Waals surface area contributed by atoms with E-state index in [4.69, 9.17) is 0 Å². The molecule has 0 radical (unpaired) electrons. The van der Waals surface area contributed by atoms with Crippen molar-refractivity contribution in [2.45, 2.75) is 77.8 Å². The van der Waals surface area contributed by atoms with E-state index in [-0.39, 0.29) is 17.5 Å². The van der Waals surface area contributed by atoms with Gasteiger partial charge >= 0.3 is 0 Å². The molecule has 1 saturated heterocycles. The third-order valence-corrected chi connectivity index (χ3v) is 4.41. The molecule has 1 aliphatic rings. The summed E-state index contributed by atoms with van der Waals surface area (Å²) in [6, 6.07) is -0.0620. The predicted octanol–water partition coefficient (Wildman–Crippen LogP) is 2.95. The fourth-order valence-electron chi connectivity index (χ4n) is 2.60. The van der Waals surface area contributed by atoms with E-state index in [0.717, 1.165) is 38.8 Å². The quantitative estimate of drug-likeness (QED) is 0.818. The fraction of sp³-hybridized carbons (Fsp3) is 0.933. The van der Waals surface area contributed by atoms with Crippen LogP contribution >= 0.6 is 0 Å². The Hall–Kier alpha value is -0.570. The first-order valence-electron chi connectivity index (χ1n) is 7.59. The van der Waals surface area contributed by atoms with E-state index in [2.05, 4.69) is 31.0 Å². The molecule has 1 rings (SSSR count). The van der Waals surface area contributed by atoms with Crippen LogP contribution in [0.1, 0.15) is 66.2 Å². The molecule has 1 unspecified atom stereocenters. The third kappa shape index (κ3) is 4.27. The van der Waals surface area contributed by atoms with Gasteiger partial charge in [0.05, 0.1) is 6.04 Å². The van der Waals surface area contributed by atoms with Crippen molar-refractivity contribution in [2.75, 3.05) is 13.1 Å². The van der Waals surface area contributed by atoms with Crippen LogP contribution in [0.3, 0.4) is 0 Å². The number of rotatable bonds is 5. The molecule has 3 nitrogen and oxygen atoms in total. The van der Waals surface area contributed by atoms with Gasteiger partial charge in [0, 0.05) is 18.6 Å². The zero-order valence-electron chi connectivity index (χ0n) is 12.6. The van der Waals surface area contributed by atoms with E-state index in [0.29, 0.717) is 0 Å². The Morgan fingerprint density at radius 1 is 1.17 bits per heavy atom. The van der Waals surface area contributed by atoms with Gasteiger partial charge in [0.2, 0.25) is 5.91 Å². The summed E-state index contributed by atoms with van der Waals surface area (Å²) >= 11 is 0. The van der Waals surface area contributed by atoms with Crippen LogP contribution in [0.15, 0.2) is 0 Å². The van der Waals surface area contributed by atoms with Gasteiger partial charge in [-0.1, -0.05) is 26.7 Å². The van der Waals surface area contributed by atoms with Crippen molar-refractivity contribution >= 4 is 5.91 Å². The van der Waals surface area contributed by atoms with Gasteiger partial charge in [-0.2, -0.15) is 0 Å².